The van der Waals surface area contributed by atoms with E-state index in [9.17, 15) is 8.42 Å². The van der Waals surface area contributed by atoms with E-state index in [4.69, 9.17) is 0 Å². The monoisotopic (exact) mass is 292 g/mol. The lowest BCUT2D eigenvalue weighted by atomic mass is 10.3. The van der Waals surface area contributed by atoms with Gasteiger partial charge in [-0.15, -0.1) is 0 Å². The van der Waals surface area contributed by atoms with Crippen LogP contribution in [0.25, 0.3) is 0 Å². The molecular formula is C14H32N2O2S. The first-order chi connectivity index (χ1) is 9.00. The molecule has 0 aliphatic heterocycles. The molecule has 0 amide bonds. The fourth-order valence-electron chi connectivity index (χ4n) is 1.88. The van der Waals surface area contributed by atoms with Crippen LogP contribution in [-0.4, -0.2) is 44.2 Å². The Morgan fingerprint density at radius 1 is 1.00 bits per heavy atom. The maximum atomic E-state index is 12.5. The fraction of sp³-hybridized carbons (Fsp3) is 1.00. The van der Waals surface area contributed by atoms with Gasteiger partial charge >= 0.3 is 0 Å². The average Bonchev–Trinajstić information content (AvgIpc) is 2.38. The standard InChI is InChI=1S/C14H32N2O2S/c1-5-8-11-16(12-9-6-2)19(17,18)14(4)13-15-10-7-3/h14-15H,5-13H2,1-4H3. The highest BCUT2D eigenvalue weighted by molar-refractivity contribution is 7.89. The zero-order valence-electron chi connectivity index (χ0n) is 13.1. The number of nitrogens with zero attached hydrogens (tertiary/aromatic N) is 1. The molecule has 1 unspecified atom stereocenters. The van der Waals surface area contributed by atoms with Crippen molar-refractivity contribution in [1.82, 2.24) is 9.62 Å². The molecule has 0 aromatic rings. The van der Waals surface area contributed by atoms with E-state index in [0.717, 1.165) is 38.6 Å². The van der Waals surface area contributed by atoms with E-state index in [0.29, 0.717) is 19.6 Å². The zero-order chi connectivity index (χ0) is 14.7. The normalized spacial score (nSPS) is 13.9. The van der Waals surface area contributed by atoms with Crippen molar-refractivity contribution in [1.29, 1.82) is 0 Å². The average molecular weight is 292 g/mol. The van der Waals surface area contributed by atoms with Crippen LogP contribution in [0.2, 0.25) is 0 Å². The van der Waals surface area contributed by atoms with Crippen molar-refractivity contribution in [2.45, 2.75) is 65.0 Å². The van der Waals surface area contributed by atoms with Crippen molar-refractivity contribution < 1.29 is 8.42 Å². The highest BCUT2D eigenvalue weighted by Gasteiger charge is 2.27. The summed E-state index contributed by atoms with van der Waals surface area (Å²) in [5.74, 6) is 0. The van der Waals surface area contributed by atoms with Crippen LogP contribution < -0.4 is 5.32 Å². The zero-order valence-corrected chi connectivity index (χ0v) is 13.9. The second-order valence-corrected chi connectivity index (χ2v) is 7.52. The summed E-state index contributed by atoms with van der Waals surface area (Å²) in [6.45, 7) is 10.8. The molecule has 0 rings (SSSR count). The smallest absolute Gasteiger partial charge is 0.217 e. The Labute approximate surface area is 120 Å². The molecule has 0 aromatic carbocycles. The SMILES string of the molecule is CCCCN(CCCC)S(=O)(=O)C(C)CNCCC. The van der Waals surface area contributed by atoms with Gasteiger partial charge in [0.25, 0.3) is 0 Å². The van der Waals surface area contributed by atoms with Gasteiger partial charge in [0, 0.05) is 19.6 Å². The van der Waals surface area contributed by atoms with Gasteiger partial charge in [0.2, 0.25) is 10.0 Å². The lowest BCUT2D eigenvalue weighted by Crippen LogP contribution is -2.43. The Morgan fingerprint density at radius 2 is 1.53 bits per heavy atom. The van der Waals surface area contributed by atoms with Crippen LogP contribution in [0.1, 0.15) is 59.8 Å². The molecule has 4 nitrogen and oxygen atoms in total. The summed E-state index contributed by atoms with van der Waals surface area (Å²) in [5, 5.41) is 2.86. The van der Waals surface area contributed by atoms with E-state index in [2.05, 4.69) is 26.1 Å². The molecule has 116 valence electrons. The van der Waals surface area contributed by atoms with Crippen molar-refractivity contribution in [2.24, 2.45) is 0 Å². The molecule has 1 N–H and O–H groups in total. The van der Waals surface area contributed by atoms with Gasteiger partial charge in [0.1, 0.15) is 0 Å². The third-order valence-corrected chi connectivity index (χ3v) is 5.52. The van der Waals surface area contributed by atoms with Crippen LogP contribution in [0.3, 0.4) is 0 Å². The van der Waals surface area contributed by atoms with Gasteiger partial charge in [-0.3, -0.25) is 0 Å². The van der Waals surface area contributed by atoms with Crippen molar-refractivity contribution in [3.05, 3.63) is 0 Å². The molecule has 0 spiro atoms. The number of hydrogen-bond donors (Lipinski definition) is 1. The minimum Gasteiger partial charge on any atom is -0.315 e. The molecule has 0 fully saturated rings. The van der Waals surface area contributed by atoms with Crippen molar-refractivity contribution >= 4 is 10.0 Å². The second-order valence-electron chi connectivity index (χ2n) is 5.17. The number of nitrogens with one attached hydrogen (secondary N) is 1. The summed E-state index contributed by atoms with van der Waals surface area (Å²) < 4.78 is 26.7. The molecule has 0 radical (unpaired) electrons. The van der Waals surface area contributed by atoms with E-state index >= 15 is 0 Å². The quantitative estimate of drug-likeness (QED) is 0.563. The van der Waals surface area contributed by atoms with Gasteiger partial charge in [-0.2, -0.15) is 0 Å². The molecule has 0 aliphatic carbocycles. The van der Waals surface area contributed by atoms with Crippen LogP contribution >= 0.6 is 0 Å². The maximum absolute atomic E-state index is 12.5. The van der Waals surface area contributed by atoms with Crippen LogP contribution in [0, 0.1) is 0 Å². The molecule has 0 saturated heterocycles. The highest BCUT2D eigenvalue weighted by Crippen LogP contribution is 2.11. The molecule has 5 heteroatoms. The van der Waals surface area contributed by atoms with E-state index in [1.165, 1.54) is 0 Å². The number of sulfonamides is 1. The lowest BCUT2D eigenvalue weighted by Gasteiger charge is -2.26. The van der Waals surface area contributed by atoms with E-state index in [1.807, 2.05) is 6.92 Å². The summed E-state index contributed by atoms with van der Waals surface area (Å²) >= 11 is 0. The van der Waals surface area contributed by atoms with Crippen molar-refractivity contribution in [3.8, 4) is 0 Å². The summed E-state index contributed by atoms with van der Waals surface area (Å²) in [7, 11) is -3.16. The highest BCUT2D eigenvalue weighted by atomic mass is 32.2. The number of unbranched alkanes of at least 4 members (excludes halogenated alkanes) is 2. The van der Waals surface area contributed by atoms with E-state index < -0.39 is 10.0 Å². The molecule has 1 atom stereocenters. The third kappa shape index (κ3) is 7.28. The van der Waals surface area contributed by atoms with Gasteiger partial charge < -0.3 is 5.32 Å². The minimum absolute atomic E-state index is 0.340. The first-order valence-corrected chi connectivity index (χ1v) is 9.20. The van der Waals surface area contributed by atoms with Crippen LogP contribution in [0.4, 0.5) is 0 Å². The van der Waals surface area contributed by atoms with Crippen molar-refractivity contribution in [3.63, 3.8) is 0 Å². The number of rotatable bonds is 12. The van der Waals surface area contributed by atoms with Gasteiger partial charge in [0.15, 0.2) is 0 Å². The van der Waals surface area contributed by atoms with Crippen LogP contribution in [-0.2, 0) is 10.0 Å². The third-order valence-electron chi connectivity index (χ3n) is 3.25. The fourth-order valence-corrected chi connectivity index (χ4v) is 3.48. The lowest BCUT2D eigenvalue weighted by molar-refractivity contribution is 0.388. The van der Waals surface area contributed by atoms with Crippen LogP contribution in [0.15, 0.2) is 0 Å². The van der Waals surface area contributed by atoms with Crippen molar-refractivity contribution in [2.75, 3.05) is 26.2 Å². The summed E-state index contributed by atoms with van der Waals surface area (Å²) in [5.41, 5.74) is 0. The maximum Gasteiger partial charge on any atom is 0.217 e. The molecule has 19 heavy (non-hydrogen) atoms. The largest absolute Gasteiger partial charge is 0.315 e. The summed E-state index contributed by atoms with van der Waals surface area (Å²) in [6.07, 6.45) is 4.97. The first kappa shape index (κ1) is 18.9. The summed E-state index contributed by atoms with van der Waals surface area (Å²) in [4.78, 5) is 0. The summed E-state index contributed by atoms with van der Waals surface area (Å²) in [6, 6.07) is 0. The Hall–Kier alpha value is -0.130. The Kier molecular flexibility index (Phi) is 10.6. The molecule has 0 heterocycles. The molecule has 0 aliphatic rings. The molecular weight excluding hydrogens is 260 g/mol. The van der Waals surface area contributed by atoms with E-state index in [1.54, 1.807) is 4.31 Å². The molecule has 0 bridgehead atoms. The van der Waals surface area contributed by atoms with E-state index in [-0.39, 0.29) is 5.25 Å². The van der Waals surface area contributed by atoms with Crippen LogP contribution in [0.5, 0.6) is 0 Å². The van der Waals surface area contributed by atoms with Gasteiger partial charge in [-0.1, -0.05) is 33.6 Å². The topological polar surface area (TPSA) is 49.4 Å². The Bertz CT molecular complexity index is 297. The molecule has 0 saturated carbocycles. The van der Waals surface area contributed by atoms with Gasteiger partial charge in [0.05, 0.1) is 5.25 Å². The second kappa shape index (κ2) is 10.6. The number of hydrogen-bond acceptors (Lipinski definition) is 3. The predicted octanol–water partition coefficient (Wildman–Crippen LogP) is 2.61. The Morgan fingerprint density at radius 3 is 1.95 bits per heavy atom. The molecule has 0 aromatic heterocycles. The van der Waals surface area contributed by atoms with Gasteiger partial charge in [-0.25, -0.2) is 12.7 Å². The minimum atomic E-state index is -3.16. The Balaban J connectivity index is 4.55. The van der Waals surface area contributed by atoms with Gasteiger partial charge in [-0.05, 0) is 32.7 Å². The first-order valence-electron chi connectivity index (χ1n) is 7.70. The predicted molar refractivity (Wildman–Crippen MR) is 82.9 cm³/mol.